The highest BCUT2D eigenvalue weighted by Crippen LogP contribution is 2.27. The molecule has 0 atom stereocenters. The summed E-state index contributed by atoms with van der Waals surface area (Å²) in [6.45, 7) is 0. The Morgan fingerprint density at radius 3 is 2.42 bits per heavy atom. The van der Waals surface area contributed by atoms with E-state index in [0.29, 0.717) is 10.6 Å². The number of benzene rings is 2. The van der Waals surface area contributed by atoms with Crippen molar-refractivity contribution >= 4 is 33.0 Å². The third-order valence-corrected chi connectivity index (χ3v) is 5.61. The smallest absolute Gasteiger partial charge is 0.338 e. The number of thiazole rings is 1. The van der Waals surface area contributed by atoms with Gasteiger partial charge in [0.15, 0.2) is 5.03 Å². The van der Waals surface area contributed by atoms with E-state index in [-0.39, 0.29) is 10.7 Å². The number of rotatable bonds is 5. The highest BCUT2D eigenvalue weighted by atomic mass is 32.2. The Labute approximate surface area is 150 Å². The molecular weight excluding hydrogens is 386 g/mol. The van der Waals surface area contributed by atoms with Crippen LogP contribution in [0.1, 0.15) is 10.4 Å². The molecule has 0 saturated heterocycles. The van der Waals surface area contributed by atoms with Crippen molar-refractivity contribution in [2.45, 2.75) is 5.03 Å². The Balaban J connectivity index is 1.86. The molecule has 0 bridgehead atoms. The third kappa shape index (κ3) is 3.70. The second kappa shape index (κ2) is 6.81. The molecule has 3 aromatic rings. The Morgan fingerprint density at radius 2 is 1.81 bits per heavy atom. The summed E-state index contributed by atoms with van der Waals surface area (Å²) in [6, 6.07) is 8.27. The van der Waals surface area contributed by atoms with Gasteiger partial charge in [-0.05, 0) is 42.5 Å². The van der Waals surface area contributed by atoms with Crippen molar-refractivity contribution in [3.8, 4) is 10.6 Å². The maximum atomic E-state index is 13.7. The number of nitrogens with one attached hydrogen (secondary N) is 1. The number of aromatic nitrogens is 1. The van der Waals surface area contributed by atoms with Gasteiger partial charge >= 0.3 is 5.97 Å². The van der Waals surface area contributed by atoms with Crippen LogP contribution in [0.5, 0.6) is 0 Å². The van der Waals surface area contributed by atoms with Gasteiger partial charge in [-0.2, -0.15) is 8.42 Å². The summed E-state index contributed by atoms with van der Waals surface area (Å²) >= 11 is 1.05. The maximum Gasteiger partial charge on any atom is 0.338 e. The van der Waals surface area contributed by atoms with E-state index in [4.69, 9.17) is 5.11 Å². The molecule has 0 radical (unpaired) electrons. The van der Waals surface area contributed by atoms with Crippen molar-refractivity contribution in [1.82, 2.24) is 4.98 Å². The van der Waals surface area contributed by atoms with E-state index in [1.165, 1.54) is 29.6 Å². The average Bonchev–Trinajstić information content (AvgIpc) is 3.06. The van der Waals surface area contributed by atoms with Crippen LogP contribution in [0.15, 0.2) is 52.9 Å². The third-order valence-electron chi connectivity index (χ3n) is 3.30. The number of sulfonamides is 1. The van der Waals surface area contributed by atoms with E-state index in [0.717, 1.165) is 29.5 Å². The lowest BCUT2D eigenvalue weighted by Gasteiger charge is -2.07. The van der Waals surface area contributed by atoms with Crippen LogP contribution in [0, 0.1) is 11.6 Å². The monoisotopic (exact) mass is 396 g/mol. The van der Waals surface area contributed by atoms with E-state index in [1.807, 2.05) is 0 Å². The minimum absolute atomic E-state index is 0.135. The van der Waals surface area contributed by atoms with Crippen molar-refractivity contribution in [2.24, 2.45) is 0 Å². The summed E-state index contributed by atoms with van der Waals surface area (Å²) in [6.07, 6.45) is 0. The number of carboxylic acids is 1. The van der Waals surface area contributed by atoms with Crippen molar-refractivity contribution < 1.29 is 27.1 Å². The summed E-state index contributed by atoms with van der Waals surface area (Å²) in [5, 5.41) is 10.2. The predicted octanol–water partition coefficient (Wildman–Crippen LogP) is 3.59. The highest BCUT2D eigenvalue weighted by molar-refractivity contribution is 7.92. The van der Waals surface area contributed by atoms with Crippen LogP contribution in [-0.4, -0.2) is 24.5 Å². The number of halogens is 2. The molecule has 0 fully saturated rings. The molecule has 3 rings (SSSR count). The highest BCUT2D eigenvalue weighted by Gasteiger charge is 2.20. The molecule has 1 aromatic heterocycles. The first-order chi connectivity index (χ1) is 12.3. The van der Waals surface area contributed by atoms with E-state index < -0.39 is 33.2 Å². The molecular formula is C16H10F2N2O4S2. The number of aromatic carboxylic acids is 1. The second-order valence-electron chi connectivity index (χ2n) is 5.10. The van der Waals surface area contributed by atoms with E-state index in [2.05, 4.69) is 9.71 Å². The lowest BCUT2D eigenvalue weighted by atomic mass is 10.2. The summed E-state index contributed by atoms with van der Waals surface area (Å²) in [5.74, 6) is -2.95. The normalized spacial score (nSPS) is 11.3. The zero-order chi connectivity index (χ0) is 18.9. The van der Waals surface area contributed by atoms with Gasteiger partial charge in [-0.3, -0.25) is 4.72 Å². The van der Waals surface area contributed by atoms with Crippen LogP contribution < -0.4 is 4.72 Å². The number of carbonyl (C=O) groups is 1. The number of hydrogen-bond donors (Lipinski definition) is 2. The lowest BCUT2D eigenvalue weighted by Crippen LogP contribution is -2.14. The minimum Gasteiger partial charge on any atom is -0.478 e. The Hall–Kier alpha value is -2.85. The lowest BCUT2D eigenvalue weighted by molar-refractivity contribution is 0.0692. The standard InChI is InChI=1S/C16H10F2N2O4S2/c17-10-3-1-9(2-4-10)15-19-14(8-25-15)26(23,24)20-11-5-6-12(16(21)22)13(18)7-11/h1-8,20H,(H,21,22). The van der Waals surface area contributed by atoms with Gasteiger partial charge in [0.2, 0.25) is 0 Å². The summed E-state index contributed by atoms with van der Waals surface area (Å²) in [5.41, 5.74) is -0.154. The first kappa shape index (κ1) is 18.0. The molecule has 0 aliphatic rings. The molecule has 0 spiro atoms. The Bertz CT molecular complexity index is 1080. The fourth-order valence-corrected chi connectivity index (χ4v) is 4.22. The number of carboxylic acid groups (broad SMARTS) is 1. The molecule has 134 valence electrons. The van der Waals surface area contributed by atoms with Gasteiger partial charge < -0.3 is 5.11 Å². The van der Waals surface area contributed by atoms with Crippen LogP contribution in [0.3, 0.4) is 0 Å². The van der Waals surface area contributed by atoms with E-state index in [9.17, 15) is 22.0 Å². The summed E-state index contributed by atoms with van der Waals surface area (Å²) in [7, 11) is -4.10. The van der Waals surface area contributed by atoms with Crippen molar-refractivity contribution in [1.29, 1.82) is 0 Å². The second-order valence-corrected chi connectivity index (χ2v) is 7.59. The SMILES string of the molecule is O=C(O)c1ccc(NS(=O)(=O)c2csc(-c3ccc(F)cc3)n2)cc1F. The van der Waals surface area contributed by atoms with Gasteiger partial charge in [0.05, 0.1) is 11.3 Å². The number of nitrogens with zero attached hydrogens (tertiary/aromatic N) is 1. The quantitative estimate of drug-likeness (QED) is 0.687. The molecule has 0 aliphatic heterocycles. The van der Waals surface area contributed by atoms with Crippen molar-refractivity contribution in [3.05, 3.63) is 65.0 Å². The summed E-state index contributed by atoms with van der Waals surface area (Å²) in [4.78, 5) is 14.8. The van der Waals surface area contributed by atoms with Crippen LogP contribution in [0.4, 0.5) is 14.5 Å². The molecule has 1 heterocycles. The molecule has 0 unspecified atom stereocenters. The molecule has 0 amide bonds. The van der Waals surface area contributed by atoms with Crippen LogP contribution >= 0.6 is 11.3 Å². The van der Waals surface area contributed by atoms with Crippen LogP contribution in [0.25, 0.3) is 10.6 Å². The fourth-order valence-electron chi connectivity index (χ4n) is 2.07. The first-order valence-electron chi connectivity index (χ1n) is 7.03. The van der Waals surface area contributed by atoms with Gasteiger partial charge in [-0.15, -0.1) is 11.3 Å². The van der Waals surface area contributed by atoms with Gasteiger partial charge in [0.25, 0.3) is 10.0 Å². The molecule has 6 nitrogen and oxygen atoms in total. The molecule has 0 aliphatic carbocycles. The minimum atomic E-state index is -4.10. The van der Waals surface area contributed by atoms with E-state index >= 15 is 0 Å². The molecule has 10 heteroatoms. The maximum absolute atomic E-state index is 13.7. The predicted molar refractivity (Wildman–Crippen MR) is 91.7 cm³/mol. The van der Waals surface area contributed by atoms with Crippen molar-refractivity contribution in [3.63, 3.8) is 0 Å². The molecule has 26 heavy (non-hydrogen) atoms. The largest absolute Gasteiger partial charge is 0.478 e. The van der Waals surface area contributed by atoms with E-state index in [1.54, 1.807) is 0 Å². The van der Waals surface area contributed by atoms with Gasteiger partial charge in [0, 0.05) is 10.9 Å². The van der Waals surface area contributed by atoms with Gasteiger partial charge in [-0.25, -0.2) is 18.6 Å². The average molecular weight is 396 g/mol. The first-order valence-corrected chi connectivity index (χ1v) is 9.40. The van der Waals surface area contributed by atoms with Gasteiger partial charge in [-0.1, -0.05) is 0 Å². The van der Waals surface area contributed by atoms with Gasteiger partial charge in [0.1, 0.15) is 16.6 Å². The summed E-state index contributed by atoms with van der Waals surface area (Å²) < 4.78 is 53.5. The molecule has 2 aromatic carbocycles. The Kier molecular flexibility index (Phi) is 4.70. The van der Waals surface area contributed by atoms with Crippen LogP contribution in [-0.2, 0) is 10.0 Å². The number of anilines is 1. The fraction of sp³-hybridized carbons (Fsp3) is 0. The zero-order valence-electron chi connectivity index (χ0n) is 12.8. The number of hydrogen-bond acceptors (Lipinski definition) is 5. The molecule has 2 N–H and O–H groups in total. The van der Waals surface area contributed by atoms with Crippen molar-refractivity contribution in [2.75, 3.05) is 4.72 Å². The topological polar surface area (TPSA) is 96.4 Å². The van der Waals surface area contributed by atoms with Crippen LogP contribution in [0.2, 0.25) is 0 Å². The zero-order valence-corrected chi connectivity index (χ0v) is 14.4. The Morgan fingerprint density at radius 1 is 1.12 bits per heavy atom. The molecule has 0 saturated carbocycles.